The van der Waals surface area contributed by atoms with E-state index in [2.05, 4.69) is 14.6 Å². The molecule has 3 aliphatic rings. The van der Waals surface area contributed by atoms with Crippen LogP contribution in [0.25, 0.3) is 15.8 Å². The first-order valence-corrected chi connectivity index (χ1v) is 16.2. The van der Waals surface area contributed by atoms with Gasteiger partial charge in [0.25, 0.3) is 0 Å². The number of alkyl halides is 3. The van der Waals surface area contributed by atoms with Gasteiger partial charge < -0.3 is 19.5 Å². The van der Waals surface area contributed by atoms with Crippen LogP contribution in [0.5, 0.6) is 5.75 Å². The number of halogens is 4. The molecule has 3 unspecified atom stereocenters. The Morgan fingerprint density at radius 3 is 2.60 bits per heavy atom. The Morgan fingerprint density at radius 1 is 1.13 bits per heavy atom. The highest BCUT2D eigenvalue weighted by atomic mass is 32.1. The van der Waals surface area contributed by atoms with Crippen molar-refractivity contribution in [1.29, 1.82) is 0 Å². The molecule has 2 aromatic carbocycles. The van der Waals surface area contributed by atoms with Crippen molar-refractivity contribution in [3.8, 4) is 5.75 Å². The van der Waals surface area contributed by atoms with E-state index in [0.717, 1.165) is 55.9 Å². The minimum absolute atomic E-state index is 0.0284. The van der Waals surface area contributed by atoms with E-state index >= 15 is 0 Å². The number of rotatable bonds is 10. The van der Waals surface area contributed by atoms with Gasteiger partial charge in [-0.1, -0.05) is 42.0 Å². The summed E-state index contributed by atoms with van der Waals surface area (Å²) in [4.78, 5) is 17.9. The molecule has 0 amide bonds. The lowest BCUT2D eigenvalue weighted by Gasteiger charge is -2.31. The lowest BCUT2D eigenvalue weighted by Crippen LogP contribution is -2.29. The fourth-order valence-corrected chi connectivity index (χ4v) is 7.73. The fourth-order valence-electron chi connectivity index (χ4n) is 6.69. The van der Waals surface area contributed by atoms with Gasteiger partial charge in [-0.15, -0.1) is 13.2 Å². The number of carbonyl (C=O) groups excluding carboxylic acids is 1. The third kappa shape index (κ3) is 6.89. The third-order valence-electron chi connectivity index (χ3n) is 9.25. The summed E-state index contributed by atoms with van der Waals surface area (Å²) in [7, 11) is 0. The Hall–Kier alpha value is -3.44. The molecule has 1 aliphatic heterocycles. The number of carbonyl (C=O) groups is 1. The highest BCUT2D eigenvalue weighted by Crippen LogP contribution is 2.45. The Labute approximate surface area is 263 Å². The summed E-state index contributed by atoms with van der Waals surface area (Å²) in [6.07, 6.45) is 0.477. The van der Waals surface area contributed by atoms with Gasteiger partial charge in [0.05, 0.1) is 17.4 Å². The molecule has 0 radical (unpaired) electrons. The van der Waals surface area contributed by atoms with E-state index < -0.39 is 12.2 Å². The molecule has 11 heteroatoms. The molecule has 3 atom stereocenters. The number of fused-ring (bicyclic) bond motifs is 2. The predicted octanol–water partition coefficient (Wildman–Crippen LogP) is 8.87. The first kappa shape index (κ1) is 31.5. The van der Waals surface area contributed by atoms with Gasteiger partial charge in [0.2, 0.25) is 0 Å². The maximum Gasteiger partial charge on any atom is 0.573 e. The molecule has 6 nitrogen and oxygen atoms in total. The van der Waals surface area contributed by atoms with Gasteiger partial charge in [-0.3, -0.25) is 4.79 Å². The summed E-state index contributed by atoms with van der Waals surface area (Å²) in [5, 5.41) is 12.1. The van der Waals surface area contributed by atoms with Crippen molar-refractivity contribution in [3.05, 3.63) is 70.2 Å². The number of anilines is 1. The molecule has 1 N–H and O–H groups in total. The lowest BCUT2D eigenvalue weighted by atomic mass is 9.80. The fraction of sp³-hybridized carbons (Fsp3) is 0.471. The number of aromatic nitrogens is 1. The summed E-state index contributed by atoms with van der Waals surface area (Å²) < 4.78 is 66.1. The van der Waals surface area contributed by atoms with Crippen molar-refractivity contribution >= 4 is 38.5 Å². The molecule has 2 aliphatic carbocycles. The zero-order valence-corrected chi connectivity index (χ0v) is 26.0. The van der Waals surface area contributed by atoms with Gasteiger partial charge in [-0.05, 0) is 81.1 Å². The van der Waals surface area contributed by atoms with Crippen LogP contribution in [0.1, 0.15) is 68.3 Å². The average Bonchev–Trinajstić information content (AvgIpc) is 3.63. The monoisotopic (exact) mass is 644 g/mol. The Morgan fingerprint density at radius 2 is 1.89 bits per heavy atom. The first-order chi connectivity index (χ1) is 21.5. The average molecular weight is 645 g/mol. The van der Waals surface area contributed by atoms with Crippen LogP contribution in [-0.4, -0.2) is 48.5 Å². The number of aliphatic hydroxyl groups is 1. The predicted molar refractivity (Wildman–Crippen MR) is 166 cm³/mol. The maximum absolute atomic E-state index is 14.5. The Bertz CT molecular complexity index is 1640. The smallest absolute Gasteiger partial charge is 0.512 e. The second kappa shape index (κ2) is 12.7. The van der Waals surface area contributed by atoms with Crippen LogP contribution < -0.4 is 9.64 Å². The number of hydrogen-bond acceptors (Lipinski definition) is 7. The van der Waals surface area contributed by atoms with Crippen LogP contribution in [0.15, 0.2) is 53.3 Å². The molecule has 2 saturated carbocycles. The molecule has 1 saturated heterocycles. The van der Waals surface area contributed by atoms with Gasteiger partial charge in [-0.2, -0.15) is 0 Å². The van der Waals surface area contributed by atoms with Crippen molar-refractivity contribution in [3.63, 3.8) is 0 Å². The molecular formula is C34H36F4N2O4S. The number of aldehydes is 1. The lowest BCUT2D eigenvalue weighted by molar-refractivity contribution is -0.274. The van der Waals surface area contributed by atoms with Gasteiger partial charge in [0.15, 0.2) is 10.9 Å². The van der Waals surface area contributed by atoms with E-state index in [-0.39, 0.29) is 46.8 Å². The van der Waals surface area contributed by atoms with Gasteiger partial charge in [-0.25, -0.2) is 9.37 Å². The summed E-state index contributed by atoms with van der Waals surface area (Å²) in [6.45, 7) is 5.45. The SMILES string of the molecule is CCC(C)=C(/C(COC1CCC2CN(c3nc4c(F)cc(C=O)cc4s3)CC2C1)=C(\O)C1CC1)c1ccccc1OC(F)(F)F. The van der Waals surface area contributed by atoms with Crippen LogP contribution in [0.2, 0.25) is 0 Å². The standard InChI is InChI=1S/C34H36F4N2O4S/c1-3-19(2)30(25-6-4-5-7-28(25)44-34(36,37)38)26(32(42)21-8-9-21)18-43-24-11-10-22-15-40(16-23(22)14-24)33-39-31-27(35)12-20(17-41)13-29(31)45-33/h4-7,12-13,17,21-24,42H,3,8-11,14-16,18H2,1-2H3/b30-19?,32-26-. The van der Waals surface area contributed by atoms with E-state index in [0.29, 0.717) is 40.4 Å². The Balaban J connectivity index is 1.19. The van der Waals surface area contributed by atoms with Crippen LogP contribution in [-0.2, 0) is 4.74 Å². The summed E-state index contributed by atoms with van der Waals surface area (Å²) >= 11 is 1.39. The van der Waals surface area contributed by atoms with Gasteiger partial charge in [0.1, 0.15) is 23.3 Å². The second-order valence-corrected chi connectivity index (χ2v) is 13.3. The highest BCUT2D eigenvalue weighted by molar-refractivity contribution is 7.22. The largest absolute Gasteiger partial charge is 0.573 e. The molecule has 45 heavy (non-hydrogen) atoms. The summed E-state index contributed by atoms with van der Waals surface area (Å²) in [5.74, 6) is 0.119. The van der Waals surface area contributed by atoms with Crippen LogP contribution >= 0.6 is 11.3 Å². The number of nitrogens with zero attached hydrogens (tertiary/aromatic N) is 2. The molecule has 3 aromatic rings. The number of aliphatic hydroxyl groups excluding tert-OH is 1. The second-order valence-electron chi connectivity index (χ2n) is 12.3. The van der Waals surface area contributed by atoms with Crippen LogP contribution in [0.3, 0.4) is 0 Å². The van der Waals surface area contributed by atoms with E-state index in [1.807, 2.05) is 13.8 Å². The van der Waals surface area contributed by atoms with Gasteiger partial charge >= 0.3 is 6.36 Å². The Kier molecular flexibility index (Phi) is 8.94. The molecule has 6 rings (SSSR count). The zero-order chi connectivity index (χ0) is 31.9. The number of ether oxygens (including phenoxy) is 2. The van der Waals surface area contributed by atoms with E-state index in [1.54, 1.807) is 18.2 Å². The van der Waals surface area contributed by atoms with E-state index in [1.165, 1.54) is 29.5 Å². The number of hydrogen-bond donors (Lipinski definition) is 1. The van der Waals surface area contributed by atoms with Crippen molar-refractivity contribution in [2.24, 2.45) is 17.8 Å². The van der Waals surface area contributed by atoms with Crippen molar-refractivity contribution in [2.75, 3.05) is 24.6 Å². The zero-order valence-electron chi connectivity index (χ0n) is 25.2. The minimum Gasteiger partial charge on any atom is -0.512 e. The highest BCUT2D eigenvalue weighted by Gasteiger charge is 2.40. The summed E-state index contributed by atoms with van der Waals surface area (Å²) in [6, 6.07) is 8.94. The normalized spacial score (nSPS) is 23.1. The number of benzene rings is 2. The van der Waals surface area contributed by atoms with E-state index in [9.17, 15) is 27.5 Å². The topological polar surface area (TPSA) is 71.9 Å². The van der Waals surface area contributed by atoms with Crippen LogP contribution in [0, 0.1) is 23.6 Å². The van der Waals surface area contributed by atoms with E-state index in [4.69, 9.17) is 4.74 Å². The number of para-hydroxylation sites is 1. The third-order valence-corrected chi connectivity index (χ3v) is 10.3. The minimum atomic E-state index is -4.86. The molecule has 0 bridgehead atoms. The van der Waals surface area contributed by atoms with Crippen molar-refractivity contribution in [1.82, 2.24) is 4.98 Å². The molecular weight excluding hydrogens is 608 g/mol. The van der Waals surface area contributed by atoms with Gasteiger partial charge in [0, 0.05) is 35.7 Å². The molecule has 1 aromatic heterocycles. The molecule has 3 fully saturated rings. The molecule has 2 heterocycles. The first-order valence-electron chi connectivity index (χ1n) is 15.4. The number of thiazole rings is 1. The maximum atomic E-state index is 14.5. The van der Waals surface area contributed by atoms with Crippen LogP contribution in [0.4, 0.5) is 22.7 Å². The quantitative estimate of drug-likeness (QED) is 0.103. The molecule has 0 spiro atoms. The van der Waals surface area contributed by atoms with Crippen molar-refractivity contribution < 1.29 is 36.9 Å². The number of allylic oxidation sites excluding steroid dienone is 2. The van der Waals surface area contributed by atoms with Crippen molar-refractivity contribution in [2.45, 2.75) is 64.8 Å². The summed E-state index contributed by atoms with van der Waals surface area (Å²) in [5.41, 5.74) is 2.75. The molecule has 240 valence electrons.